The summed E-state index contributed by atoms with van der Waals surface area (Å²) in [5.74, 6) is 1.51. The molecule has 0 saturated carbocycles. The summed E-state index contributed by atoms with van der Waals surface area (Å²) in [4.78, 5) is 14.2. The van der Waals surface area contributed by atoms with Crippen molar-refractivity contribution in [1.29, 1.82) is 0 Å². The van der Waals surface area contributed by atoms with E-state index in [1.54, 1.807) is 12.1 Å². The van der Waals surface area contributed by atoms with E-state index in [-0.39, 0.29) is 5.91 Å². The van der Waals surface area contributed by atoms with E-state index in [4.69, 9.17) is 16.3 Å². The summed E-state index contributed by atoms with van der Waals surface area (Å²) in [6.45, 7) is 3.12. The topological polar surface area (TPSA) is 41.6 Å². The lowest BCUT2D eigenvalue weighted by Crippen LogP contribution is -2.42. The van der Waals surface area contributed by atoms with Gasteiger partial charge in [-0.3, -0.25) is 4.79 Å². The molecule has 1 heterocycles. The summed E-state index contributed by atoms with van der Waals surface area (Å²) in [5.41, 5.74) is 0. The maximum Gasteiger partial charge on any atom is 0.226 e. The molecule has 0 aromatic heterocycles. The van der Waals surface area contributed by atoms with Crippen LogP contribution in [0.4, 0.5) is 0 Å². The molecule has 116 valence electrons. The Hall–Kier alpha value is -1.26. The van der Waals surface area contributed by atoms with Crippen LogP contribution >= 0.6 is 11.6 Å². The third-order valence-electron chi connectivity index (χ3n) is 3.76. The first kappa shape index (κ1) is 16.1. The fraction of sp³-hybridized carbons (Fsp3) is 0.562. The molecule has 1 aliphatic rings. The molecule has 1 N–H and O–H groups in total. The predicted octanol–water partition coefficient (Wildman–Crippen LogP) is 2.57. The molecule has 21 heavy (non-hydrogen) atoms. The molecule has 5 heteroatoms. The van der Waals surface area contributed by atoms with Crippen LogP contribution < -0.4 is 10.1 Å². The van der Waals surface area contributed by atoms with Gasteiger partial charge in [0.2, 0.25) is 5.91 Å². The number of carbonyl (C=O) groups is 1. The van der Waals surface area contributed by atoms with Gasteiger partial charge in [-0.05, 0) is 56.6 Å². The van der Waals surface area contributed by atoms with E-state index in [2.05, 4.69) is 5.32 Å². The molecular formula is C16H23ClN2O2. The van der Waals surface area contributed by atoms with E-state index in [0.29, 0.717) is 24.0 Å². The molecule has 4 nitrogen and oxygen atoms in total. The zero-order valence-electron chi connectivity index (χ0n) is 12.5. The lowest BCUT2D eigenvalue weighted by atomic mass is 9.98. The van der Waals surface area contributed by atoms with E-state index < -0.39 is 0 Å². The largest absolute Gasteiger partial charge is 0.493 e. The summed E-state index contributed by atoms with van der Waals surface area (Å²) in [5, 5.41) is 3.88. The number of nitrogens with zero attached hydrogens (tertiary/aromatic N) is 1. The number of rotatable bonds is 6. The van der Waals surface area contributed by atoms with Crippen LogP contribution in [0.3, 0.4) is 0 Å². The zero-order valence-corrected chi connectivity index (χ0v) is 13.2. The SMILES string of the molecule is CNCC1CCCN(C(=O)CCOc2ccc(Cl)cc2)C1. The number of amides is 1. The van der Waals surface area contributed by atoms with E-state index in [1.165, 1.54) is 6.42 Å². The van der Waals surface area contributed by atoms with Gasteiger partial charge in [-0.1, -0.05) is 11.6 Å². The van der Waals surface area contributed by atoms with Crippen LogP contribution in [0.25, 0.3) is 0 Å². The van der Waals surface area contributed by atoms with Crippen LogP contribution in [0.2, 0.25) is 5.02 Å². The molecule has 1 aromatic carbocycles. The van der Waals surface area contributed by atoms with Crippen molar-refractivity contribution in [3.63, 3.8) is 0 Å². The van der Waals surface area contributed by atoms with E-state index >= 15 is 0 Å². The molecule has 0 bridgehead atoms. The molecule has 1 aromatic rings. The third kappa shape index (κ3) is 5.21. The van der Waals surface area contributed by atoms with Gasteiger partial charge < -0.3 is 15.0 Å². The minimum Gasteiger partial charge on any atom is -0.493 e. The number of halogens is 1. The van der Waals surface area contributed by atoms with Crippen molar-refractivity contribution in [2.75, 3.05) is 33.3 Å². The second kappa shape index (κ2) is 8.25. The summed E-state index contributed by atoms with van der Waals surface area (Å²) in [7, 11) is 1.96. The van der Waals surface area contributed by atoms with Gasteiger partial charge in [-0.2, -0.15) is 0 Å². The van der Waals surface area contributed by atoms with E-state index in [1.807, 2.05) is 24.1 Å². The fourth-order valence-corrected chi connectivity index (χ4v) is 2.82. The highest BCUT2D eigenvalue weighted by atomic mass is 35.5. The molecule has 1 amide bonds. The van der Waals surface area contributed by atoms with Gasteiger partial charge in [0.15, 0.2) is 0 Å². The molecule has 1 aliphatic heterocycles. The van der Waals surface area contributed by atoms with Crippen LogP contribution in [0, 0.1) is 5.92 Å². The normalized spacial score (nSPS) is 18.6. The number of ether oxygens (including phenoxy) is 1. The number of hydrogen-bond donors (Lipinski definition) is 1. The minimum absolute atomic E-state index is 0.185. The Balaban J connectivity index is 1.72. The quantitative estimate of drug-likeness (QED) is 0.878. The smallest absolute Gasteiger partial charge is 0.226 e. The minimum atomic E-state index is 0.185. The van der Waals surface area contributed by atoms with Gasteiger partial charge in [0.05, 0.1) is 13.0 Å². The number of nitrogens with one attached hydrogen (secondary N) is 1. The standard InChI is InChI=1S/C16H23ClN2O2/c1-18-11-13-3-2-9-19(12-13)16(20)8-10-21-15-6-4-14(17)5-7-15/h4-7,13,18H,2-3,8-12H2,1H3. The van der Waals surface area contributed by atoms with Crippen molar-refractivity contribution >= 4 is 17.5 Å². The van der Waals surface area contributed by atoms with Gasteiger partial charge in [0.25, 0.3) is 0 Å². The summed E-state index contributed by atoms with van der Waals surface area (Å²) in [6.07, 6.45) is 2.72. The van der Waals surface area contributed by atoms with Crippen LogP contribution in [0.5, 0.6) is 5.75 Å². The van der Waals surface area contributed by atoms with E-state index in [9.17, 15) is 4.79 Å². The Labute approximate surface area is 131 Å². The highest BCUT2D eigenvalue weighted by Crippen LogP contribution is 2.18. The maximum atomic E-state index is 12.2. The highest BCUT2D eigenvalue weighted by molar-refractivity contribution is 6.30. The average Bonchev–Trinajstić information content (AvgIpc) is 2.50. The first-order valence-corrected chi connectivity index (χ1v) is 7.87. The van der Waals surface area contributed by atoms with Gasteiger partial charge in [0.1, 0.15) is 5.75 Å². The monoisotopic (exact) mass is 310 g/mol. The predicted molar refractivity (Wildman–Crippen MR) is 84.8 cm³/mol. The van der Waals surface area contributed by atoms with Crippen LogP contribution in [0.15, 0.2) is 24.3 Å². The second-order valence-electron chi connectivity index (χ2n) is 5.46. The summed E-state index contributed by atoms with van der Waals surface area (Å²) >= 11 is 5.82. The summed E-state index contributed by atoms with van der Waals surface area (Å²) < 4.78 is 5.58. The number of likely N-dealkylation sites (tertiary alicyclic amines) is 1. The van der Waals surface area contributed by atoms with Crippen LogP contribution in [-0.4, -0.2) is 44.1 Å². The Morgan fingerprint density at radius 3 is 2.90 bits per heavy atom. The molecule has 0 spiro atoms. The van der Waals surface area contributed by atoms with Crippen molar-refractivity contribution in [1.82, 2.24) is 10.2 Å². The first-order chi connectivity index (χ1) is 10.2. The molecule has 0 radical (unpaired) electrons. The number of piperidine rings is 1. The molecule has 1 saturated heterocycles. The van der Waals surface area contributed by atoms with Crippen molar-refractivity contribution in [3.8, 4) is 5.75 Å². The molecule has 1 unspecified atom stereocenters. The Morgan fingerprint density at radius 1 is 1.43 bits per heavy atom. The second-order valence-corrected chi connectivity index (χ2v) is 5.89. The molecule has 1 fully saturated rings. The Kier molecular flexibility index (Phi) is 6.33. The first-order valence-electron chi connectivity index (χ1n) is 7.50. The van der Waals surface area contributed by atoms with Gasteiger partial charge in [0, 0.05) is 18.1 Å². The van der Waals surface area contributed by atoms with Crippen LogP contribution in [0.1, 0.15) is 19.3 Å². The molecule has 1 atom stereocenters. The van der Waals surface area contributed by atoms with Crippen molar-refractivity contribution in [2.24, 2.45) is 5.92 Å². The lowest BCUT2D eigenvalue weighted by molar-refractivity contribution is -0.133. The van der Waals surface area contributed by atoms with Gasteiger partial charge in [-0.25, -0.2) is 0 Å². The number of benzene rings is 1. The fourth-order valence-electron chi connectivity index (χ4n) is 2.69. The van der Waals surface area contributed by atoms with E-state index in [0.717, 1.165) is 31.8 Å². The highest BCUT2D eigenvalue weighted by Gasteiger charge is 2.22. The van der Waals surface area contributed by atoms with Crippen LogP contribution in [-0.2, 0) is 4.79 Å². The Bertz CT molecular complexity index is 448. The third-order valence-corrected chi connectivity index (χ3v) is 4.01. The van der Waals surface area contributed by atoms with Crippen molar-refractivity contribution in [3.05, 3.63) is 29.3 Å². The maximum absolute atomic E-state index is 12.2. The number of hydrogen-bond acceptors (Lipinski definition) is 3. The summed E-state index contributed by atoms with van der Waals surface area (Å²) in [6, 6.07) is 7.20. The molecule has 2 rings (SSSR count). The number of carbonyl (C=O) groups excluding carboxylic acids is 1. The average molecular weight is 311 g/mol. The van der Waals surface area contributed by atoms with Crippen molar-refractivity contribution < 1.29 is 9.53 Å². The van der Waals surface area contributed by atoms with Gasteiger partial charge >= 0.3 is 0 Å². The lowest BCUT2D eigenvalue weighted by Gasteiger charge is -2.32. The molecular weight excluding hydrogens is 288 g/mol. The van der Waals surface area contributed by atoms with Crippen molar-refractivity contribution in [2.45, 2.75) is 19.3 Å². The van der Waals surface area contributed by atoms with Gasteiger partial charge in [-0.15, -0.1) is 0 Å². The zero-order chi connectivity index (χ0) is 15.1. The molecule has 0 aliphatic carbocycles. The Morgan fingerprint density at radius 2 is 2.19 bits per heavy atom.